The second kappa shape index (κ2) is 8.39. The highest BCUT2D eigenvalue weighted by Gasteiger charge is 2.34. The zero-order valence-corrected chi connectivity index (χ0v) is 13.3. The molecular weight excluding hydrogens is 317 g/mol. The molecular formula is C15H20ClF3N2O. The van der Waals surface area contributed by atoms with Gasteiger partial charge in [-0.3, -0.25) is 4.79 Å². The van der Waals surface area contributed by atoms with Gasteiger partial charge in [0, 0.05) is 18.0 Å². The van der Waals surface area contributed by atoms with Crippen LogP contribution in [0.1, 0.15) is 32.3 Å². The minimum absolute atomic E-state index is 0.0272. The maximum atomic E-state index is 12.9. The first-order chi connectivity index (χ1) is 10.2. The molecule has 1 rings (SSSR count). The van der Waals surface area contributed by atoms with Crippen LogP contribution < -0.4 is 10.6 Å². The van der Waals surface area contributed by atoms with E-state index in [4.69, 9.17) is 11.6 Å². The van der Waals surface area contributed by atoms with Crippen molar-refractivity contribution in [2.45, 2.75) is 32.9 Å². The normalized spacial score (nSPS) is 11.8. The minimum atomic E-state index is -4.57. The number of benzene rings is 1. The molecule has 22 heavy (non-hydrogen) atoms. The van der Waals surface area contributed by atoms with E-state index in [-0.39, 0.29) is 17.1 Å². The molecule has 124 valence electrons. The Labute approximate surface area is 133 Å². The van der Waals surface area contributed by atoms with Crippen LogP contribution in [0.25, 0.3) is 0 Å². The molecule has 0 aliphatic heterocycles. The second-order valence-corrected chi connectivity index (χ2v) is 5.85. The summed E-state index contributed by atoms with van der Waals surface area (Å²) in [5.41, 5.74) is -1.22. The van der Waals surface area contributed by atoms with Crippen molar-refractivity contribution in [1.82, 2.24) is 5.32 Å². The molecule has 1 aromatic rings. The maximum Gasteiger partial charge on any atom is 0.418 e. The van der Waals surface area contributed by atoms with Crippen molar-refractivity contribution < 1.29 is 18.0 Å². The molecule has 0 aromatic heterocycles. The lowest BCUT2D eigenvalue weighted by Gasteiger charge is -2.14. The van der Waals surface area contributed by atoms with Crippen LogP contribution in [-0.2, 0) is 11.0 Å². The highest BCUT2D eigenvalue weighted by atomic mass is 35.5. The molecule has 1 aromatic carbocycles. The number of alkyl halides is 3. The van der Waals surface area contributed by atoms with Gasteiger partial charge in [0.1, 0.15) is 0 Å². The molecule has 0 unspecified atom stereocenters. The van der Waals surface area contributed by atoms with Crippen LogP contribution in [-0.4, -0.2) is 19.0 Å². The van der Waals surface area contributed by atoms with E-state index in [0.29, 0.717) is 12.5 Å². The molecule has 3 nitrogen and oxygen atoms in total. The summed E-state index contributed by atoms with van der Waals surface area (Å²) >= 11 is 5.58. The summed E-state index contributed by atoms with van der Waals surface area (Å²) in [7, 11) is 0. The number of anilines is 1. The predicted octanol–water partition coefficient (Wildman–Crippen LogP) is 4.32. The van der Waals surface area contributed by atoms with E-state index < -0.39 is 17.6 Å². The van der Waals surface area contributed by atoms with Gasteiger partial charge in [-0.15, -0.1) is 0 Å². The quantitative estimate of drug-likeness (QED) is 0.728. The van der Waals surface area contributed by atoms with Gasteiger partial charge in [-0.25, -0.2) is 0 Å². The third-order valence-corrected chi connectivity index (χ3v) is 3.22. The van der Waals surface area contributed by atoms with Crippen LogP contribution in [0.15, 0.2) is 18.2 Å². The number of rotatable bonds is 7. The number of halogens is 4. The molecule has 0 fully saturated rings. The third-order valence-electron chi connectivity index (χ3n) is 2.99. The first-order valence-corrected chi connectivity index (χ1v) is 7.45. The van der Waals surface area contributed by atoms with Gasteiger partial charge in [-0.05, 0) is 37.1 Å². The van der Waals surface area contributed by atoms with Crippen molar-refractivity contribution in [3.8, 4) is 0 Å². The molecule has 0 aliphatic carbocycles. The van der Waals surface area contributed by atoms with Gasteiger partial charge >= 0.3 is 6.18 Å². The Bertz CT molecular complexity index is 504. The first-order valence-electron chi connectivity index (χ1n) is 7.07. The maximum absolute atomic E-state index is 12.9. The standard InChI is InChI=1S/C15H20ClF3N2O/c1-10(2)5-7-20-8-6-14(22)21-13-4-3-11(16)9-12(13)15(17,18)19/h3-4,9-10,20H,5-8H2,1-2H3,(H,21,22). The van der Waals surface area contributed by atoms with E-state index in [2.05, 4.69) is 24.5 Å². The lowest BCUT2D eigenvalue weighted by atomic mass is 10.1. The van der Waals surface area contributed by atoms with Crippen molar-refractivity contribution in [1.29, 1.82) is 0 Å². The lowest BCUT2D eigenvalue weighted by molar-refractivity contribution is -0.137. The summed E-state index contributed by atoms with van der Waals surface area (Å²) in [6.07, 6.45) is -3.47. The van der Waals surface area contributed by atoms with Crippen molar-refractivity contribution >= 4 is 23.2 Å². The average molecular weight is 337 g/mol. The zero-order chi connectivity index (χ0) is 16.8. The Kier molecular flexibility index (Phi) is 7.16. The average Bonchev–Trinajstić information content (AvgIpc) is 2.39. The van der Waals surface area contributed by atoms with Gasteiger partial charge in [0.2, 0.25) is 5.91 Å². The molecule has 0 spiro atoms. The van der Waals surface area contributed by atoms with Crippen molar-refractivity contribution in [3.05, 3.63) is 28.8 Å². The van der Waals surface area contributed by atoms with Crippen LogP contribution in [0, 0.1) is 5.92 Å². The van der Waals surface area contributed by atoms with Crippen LogP contribution >= 0.6 is 11.6 Å². The molecule has 2 N–H and O–H groups in total. The number of nitrogens with one attached hydrogen (secondary N) is 2. The molecule has 7 heteroatoms. The van der Waals surface area contributed by atoms with E-state index in [1.807, 2.05) is 0 Å². The monoisotopic (exact) mass is 336 g/mol. The minimum Gasteiger partial charge on any atom is -0.325 e. The van der Waals surface area contributed by atoms with Crippen LogP contribution in [0.3, 0.4) is 0 Å². The summed E-state index contributed by atoms with van der Waals surface area (Å²) in [4.78, 5) is 11.7. The Morgan fingerprint density at radius 3 is 2.55 bits per heavy atom. The van der Waals surface area contributed by atoms with Gasteiger partial charge in [-0.1, -0.05) is 25.4 Å². The van der Waals surface area contributed by atoms with Gasteiger partial charge in [0.25, 0.3) is 0 Å². The molecule has 0 bridgehead atoms. The predicted molar refractivity (Wildman–Crippen MR) is 82.0 cm³/mol. The first kappa shape index (κ1) is 18.8. The van der Waals surface area contributed by atoms with Gasteiger partial charge < -0.3 is 10.6 Å². The summed E-state index contributed by atoms with van der Waals surface area (Å²) in [5, 5.41) is 5.34. The molecule has 1 amide bonds. The number of carbonyl (C=O) groups is 1. The van der Waals surface area contributed by atoms with Gasteiger partial charge in [0.05, 0.1) is 11.3 Å². The van der Waals surface area contributed by atoms with E-state index in [9.17, 15) is 18.0 Å². The fourth-order valence-corrected chi connectivity index (χ4v) is 1.96. The third kappa shape index (κ3) is 6.66. The fraction of sp³-hybridized carbons (Fsp3) is 0.533. The number of carbonyl (C=O) groups excluding carboxylic acids is 1. The Morgan fingerprint density at radius 1 is 1.27 bits per heavy atom. The summed E-state index contributed by atoms with van der Waals surface area (Å²) in [6.45, 7) is 5.38. The smallest absolute Gasteiger partial charge is 0.325 e. The lowest BCUT2D eigenvalue weighted by Crippen LogP contribution is -2.24. The molecule has 0 radical (unpaired) electrons. The van der Waals surface area contributed by atoms with Crippen LogP contribution in [0.4, 0.5) is 18.9 Å². The summed E-state index contributed by atoms with van der Waals surface area (Å²) < 4.78 is 38.7. The molecule has 0 saturated heterocycles. The van der Waals surface area contributed by atoms with Crippen molar-refractivity contribution in [2.75, 3.05) is 18.4 Å². The van der Waals surface area contributed by atoms with E-state index in [1.54, 1.807) is 0 Å². The van der Waals surface area contributed by atoms with Gasteiger partial charge in [0.15, 0.2) is 0 Å². The highest BCUT2D eigenvalue weighted by molar-refractivity contribution is 6.30. The second-order valence-electron chi connectivity index (χ2n) is 5.42. The van der Waals surface area contributed by atoms with Crippen molar-refractivity contribution in [2.24, 2.45) is 5.92 Å². The molecule has 0 saturated carbocycles. The number of hydrogen-bond donors (Lipinski definition) is 2. The largest absolute Gasteiger partial charge is 0.418 e. The fourth-order valence-electron chi connectivity index (χ4n) is 1.79. The van der Waals surface area contributed by atoms with Crippen molar-refractivity contribution in [3.63, 3.8) is 0 Å². The Hall–Kier alpha value is -1.27. The van der Waals surface area contributed by atoms with Crippen LogP contribution in [0.2, 0.25) is 5.02 Å². The van der Waals surface area contributed by atoms with E-state index in [1.165, 1.54) is 6.07 Å². The summed E-state index contributed by atoms with van der Waals surface area (Å²) in [5.74, 6) is 0.0922. The summed E-state index contributed by atoms with van der Waals surface area (Å²) in [6, 6.07) is 3.28. The topological polar surface area (TPSA) is 41.1 Å². The van der Waals surface area contributed by atoms with Gasteiger partial charge in [-0.2, -0.15) is 13.2 Å². The van der Waals surface area contributed by atoms with Crippen LogP contribution in [0.5, 0.6) is 0 Å². The number of amides is 1. The van der Waals surface area contributed by atoms with E-state index in [0.717, 1.165) is 25.1 Å². The van der Waals surface area contributed by atoms with E-state index >= 15 is 0 Å². The Balaban J connectivity index is 2.54. The highest BCUT2D eigenvalue weighted by Crippen LogP contribution is 2.36. The molecule has 0 heterocycles. The molecule has 0 aliphatic rings. The molecule has 0 atom stereocenters. The number of hydrogen-bond acceptors (Lipinski definition) is 2. The Morgan fingerprint density at radius 2 is 1.95 bits per heavy atom. The SMILES string of the molecule is CC(C)CCNCCC(=O)Nc1ccc(Cl)cc1C(F)(F)F. The zero-order valence-electron chi connectivity index (χ0n) is 12.6.